The minimum Gasteiger partial charge on any atom is -0.381 e. The molecule has 0 saturated carbocycles. The van der Waals surface area contributed by atoms with Crippen molar-refractivity contribution in [2.24, 2.45) is 5.41 Å². The monoisotopic (exact) mass is 293 g/mol. The third-order valence-electron chi connectivity index (χ3n) is 5.30. The lowest BCUT2D eigenvalue weighted by atomic mass is 9.80. The minimum absolute atomic E-state index is 0.00307. The summed E-state index contributed by atoms with van der Waals surface area (Å²) in [7, 11) is 0. The van der Waals surface area contributed by atoms with E-state index in [0.717, 1.165) is 25.5 Å². The van der Waals surface area contributed by atoms with Gasteiger partial charge in [0.1, 0.15) is 0 Å². The zero-order valence-electron chi connectivity index (χ0n) is 13.3. The van der Waals surface area contributed by atoms with Crippen molar-refractivity contribution < 1.29 is 4.74 Å². The Hall–Kier alpha value is -1.01. The molecule has 0 amide bonds. The van der Waals surface area contributed by atoms with Gasteiger partial charge in [0.2, 0.25) is 0 Å². The molecule has 2 aliphatic heterocycles. The van der Waals surface area contributed by atoms with E-state index in [-0.39, 0.29) is 5.41 Å². The average Bonchev–Trinajstić information content (AvgIpc) is 3.11. The second-order valence-corrected chi connectivity index (χ2v) is 7.36. The molecule has 1 spiro atoms. The van der Waals surface area contributed by atoms with Crippen molar-refractivity contribution in [1.82, 2.24) is 25.5 Å². The first kappa shape index (κ1) is 14.9. The SMILES string of the molecule is CC(C)(CCCN1CCC2(CCOCC2)C1)c1nn[nH]n1. The van der Waals surface area contributed by atoms with Gasteiger partial charge >= 0.3 is 0 Å². The highest BCUT2D eigenvalue weighted by Crippen LogP contribution is 2.39. The molecule has 0 aliphatic carbocycles. The number of rotatable bonds is 5. The number of nitrogens with one attached hydrogen (secondary N) is 1. The number of hydrogen-bond donors (Lipinski definition) is 1. The Morgan fingerprint density at radius 3 is 2.81 bits per heavy atom. The smallest absolute Gasteiger partial charge is 0.180 e. The van der Waals surface area contributed by atoms with E-state index in [0.29, 0.717) is 5.41 Å². The van der Waals surface area contributed by atoms with E-state index in [1.807, 2.05) is 0 Å². The number of nitrogens with zero attached hydrogens (tertiary/aromatic N) is 4. The van der Waals surface area contributed by atoms with Crippen LogP contribution in [0.1, 0.15) is 51.8 Å². The number of aromatic amines is 1. The molecule has 1 aromatic heterocycles. The summed E-state index contributed by atoms with van der Waals surface area (Å²) in [5, 5.41) is 14.5. The van der Waals surface area contributed by atoms with Gasteiger partial charge in [-0.2, -0.15) is 5.21 Å². The minimum atomic E-state index is 0.00307. The first-order valence-corrected chi connectivity index (χ1v) is 8.14. The second-order valence-electron chi connectivity index (χ2n) is 7.36. The Bertz CT molecular complexity index is 439. The van der Waals surface area contributed by atoms with Crippen LogP contribution < -0.4 is 0 Å². The summed E-state index contributed by atoms with van der Waals surface area (Å²) in [5.41, 5.74) is 0.560. The molecule has 6 nitrogen and oxygen atoms in total. The summed E-state index contributed by atoms with van der Waals surface area (Å²) >= 11 is 0. The summed E-state index contributed by atoms with van der Waals surface area (Å²) in [6.45, 7) is 10.0. The largest absolute Gasteiger partial charge is 0.381 e. The van der Waals surface area contributed by atoms with Crippen LogP contribution >= 0.6 is 0 Å². The van der Waals surface area contributed by atoms with E-state index in [9.17, 15) is 0 Å². The number of H-pyrrole nitrogens is 1. The molecule has 0 atom stereocenters. The zero-order valence-corrected chi connectivity index (χ0v) is 13.3. The second kappa shape index (κ2) is 6.01. The molecule has 6 heteroatoms. The molecular weight excluding hydrogens is 266 g/mol. The number of aromatic nitrogens is 4. The maximum Gasteiger partial charge on any atom is 0.180 e. The lowest BCUT2D eigenvalue weighted by Gasteiger charge is -2.33. The summed E-state index contributed by atoms with van der Waals surface area (Å²) < 4.78 is 5.52. The van der Waals surface area contributed by atoms with Crippen LogP contribution in [0.5, 0.6) is 0 Å². The first-order valence-electron chi connectivity index (χ1n) is 8.14. The highest BCUT2D eigenvalue weighted by molar-refractivity contribution is 4.99. The molecule has 3 rings (SSSR count). The maximum absolute atomic E-state index is 5.52. The van der Waals surface area contributed by atoms with E-state index in [4.69, 9.17) is 4.74 Å². The normalized spacial score (nSPS) is 23.0. The molecule has 2 fully saturated rings. The summed E-state index contributed by atoms with van der Waals surface area (Å²) in [5.74, 6) is 0.824. The molecule has 0 radical (unpaired) electrons. The number of tetrazole rings is 1. The molecular formula is C15H27N5O. The van der Waals surface area contributed by atoms with Gasteiger partial charge in [-0.15, -0.1) is 10.2 Å². The highest BCUT2D eigenvalue weighted by atomic mass is 16.5. The summed E-state index contributed by atoms with van der Waals surface area (Å²) in [6.07, 6.45) is 6.13. The molecule has 2 saturated heterocycles. The molecule has 1 N–H and O–H groups in total. The number of hydrogen-bond acceptors (Lipinski definition) is 5. The van der Waals surface area contributed by atoms with Gasteiger partial charge in [0, 0.05) is 25.2 Å². The molecule has 3 heterocycles. The Balaban J connectivity index is 1.44. The average molecular weight is 293 g/mol. The lowest BCUT2D eigenvalue weighted by Crippen LogP contribution is -2.33. The van der Waals surface area contributed by atoms with Crippen LogP contribution in [-0.2, 0) is 10.2 Å². The Morgan fingerprint density at radius 2 is 2.10 bits per heavy atom. The quantitative estimate of drug-likeness (QED) is 0.896. The van der Waals surface area contributed by atoms with Gasteiger partial charge < -0.3 is 9.64 Å². The van der Waals surface area contributed by atoms with Crippen LogP contribution in [0.4, 0.5) is 0 Å². The summed E-state index contributed by atoms with van der Waals surface area (Å²) in [4.78, 5) is 2.64. The first-order chi connectivity index (χ1) is 10.1. The molecule has 0 aromatic carbocycles. The van der Waals surface area contributed by atoms with Crippen molar-refractivity contribution in [1.29, 1.82) is 0 Å². The van der Waals surface area contributed by atoms with Crippen LogP contribution in [0.3, 0.4) is 0 Å². The van der Waals surface area contributed by atoms with Crippen LogP contribution in [0.25, 0.3) is 0 Å². The molecule has 0 bridgehead atoms. The van der Waals surface area contributed by atoms with E-state index in [1.54, 1.807) is 0 Å². The van der Waals surface area contributed by atoms with Crippen molar-refractivity contribution >= 4 is 0 Å². The van der Waals surface area contributed by atoms with Gasteiger partial charge in [0.15, 0.2) is 5.82 Å². The van der Waals surface area contributed by atoms with Gasteiger partial charge in [0.05, 0.1) is 0 Å². The molecule has 1 aromatic rings. The van der Waals surface area contributed by atoms with Crippen molar-refractivity contribution in [3.8, 4) is 0 Å². The van der Waals surface area contributed by atoms with Crippen molar-refractivity contribution in [2.75, 3.05) is 32.8 Å². The van der Waals surface area contributed by atoms with Gasteiger partial charge in [-0.1, -0.05) is 19.1 Å². The van der Waals surface area contributed by atoms with E-state index in [1.165, 1.54) is 45.3 Å². The summed E-state index contributed by atoms with van der Waals surface area (Å²) in [6, 6.07) is 0. The van der Waals surface area contributed by atoms with Gasteiger partial charge in [0.25, 0.3) is 0 Å². The van der Waals surface area contributed by atoms with Crippen LogP contribution in [-0.4, -0.2) is 58.4 Å². The lowest BCUT2D eigenvalue weighted by molar-refractivity contribution is 0.0193. The predicted molar refractivity (Wildman–Crippen MR) is 80.0 cm³/mol. The van der Waals surface area contributed by atoms with Gasteiger partial charge in [-0.25, -0.2) is 0 Å². The Kier molecular flexibility index (Phi) is 4.26. The standard InChI is InChI=1S/C15H27N5O/c1-14(2,13-16-18-19-17-13)4-3-8-20-9-5-15(12-20)6-10-21-11-7-15/h3-12H2,1-2H3,(H,16,17,18,19). The van der Waals surface area contributed by atoms with Crippen LogP contribution in [0.2, 0.25) is 0 Å². The van der Waals surface area contributed by atoms with Crippen molar-refractivity contribution in [3.63, 3.8) is 0 Å². The molecule has 0 unspecified atom stereocenters. The van der Waals surface area contributed by atoms with Gasteiger partial charge in [-0.3, -0.25) is 0 Å². The van der Waals surface area contributed by atoms with Gasteiger partial charge in [-0.05, 0) is 50.6 Å². The Morgan fingerprint density at radius 1 is 1.29 bits per heavy atom. The van der Waals surface area contributed by atoms with Crippen LogP contribution in [0, 0.1) is 5.41 Å². The third-order valence-corrected chi connectivity index (χ3v) is 5.30. The Labute approximate surface area is 126 Å². The zero-order chi connectivity index (χ0) is 14.8. The fraction of sp³-hybridized carbons (Fsp3) is 0.933. The van der Waals surface area contributed by atoms with Crippen molar-refractivity contribution in [2.45, 2.75) is 51.4 Å². The number of ether oxygens (including phenoxy) is 1. The fourth-order valence-electron chi connectivity index (χ4n) is 3.74. The molecule has 21 heavy (non-hydrogen) atoms. The third kappa shape index (κ3) is 3.43. The van der Waals surface area contributed by atoms with Crippen LogP contribution in [0.15, 0.2) is 0 Å². The topological polar surface area (TPSA) is 66.9 Å². The van der Waals surface area contributed by atoms with Crippen molar-refractivity contribution in [3.05, 3.63) is 5.82 Å². The number of likely N-dealkylation sites (tertiary alicyclic amines) is 1. The highest BCUT2D eigenvalue weighted by Gasteiger charge is 2.39. The maximum atomic E-state index is 5.52. The molecule has 118 valence electrons. The predicted octanol–water partition coefficient (Wildman–Crippen LogP) is 1.76. The van der Waals surface area contributed by atoms with E-state index >= 15 is 0 Å². The van der Waals surface area contributed by atoms with E-state index < -0.39 is 0 Å². The van der Waals surface area contributed by atoms with E-state index in [2.05, 4.69) is 39.4 Å². The fourth-order valence-corrected chi connectivity index (χ4v) is 3.74. The molecule has 2 aliphatic rings.